The molecule has 0 bridgehead atoms. The van der Waals surface area contributed by atoms with Gasteiger partial charge in [0, 0.05) is 47.7 Å². The molecule has 3 heterocycles. The number of pyridine rings is 1. The first-order valence-corrected chi connectivity index (χ1v) is 8.26. The average molecular weight is 334 g/mol. The second-order valence-electron chi connectivity index (χ2n) is 6.07. The molecule has 1 aliphatic heterocycles. The van der Waals surface area contributed by atoms with Gasteiger partial charge in [0.2, 0.25) is 0 Å². The van der Waals surface area contributed by atoms with Crippen LogP contribution in [0, 0.1) is 6.92 Å². The second-order valence-corrected chi connectivity index (χ2v) is 6.07. The van der Waals surface area contributed by atoms with Crippen molar-refractivity contribution >= 4 is 16.8 Å². The number of aryl methyl sites for hydroxylation is 1. The lowest BCUT2D eigenvalue weighted by atomic mass is 10.0. The zero-order valence-electron chi connectivity index (χ0n) is 14.0. The summed E-state index contributed by atoms with van der Waals surface area (Å²) in [5, 5.41) is 0.930. The zero-order chi connectivity index (χ0) is 17.2. The molecule has 6 nitrogen and oxygen atoms in total. The molecular weight excluding hydrogens is 316 g/mol. The van der Waals surface area contributed by atoms with Crippen LogP contribution in [0.15, 0.2) is 43.0 Å². The lowest BCUT2D eigenvalue weighted by molar-refractivity contribution is 0.0303. The third kappa shape index (κ3) is 3.08. The van der Waals surface area contributed by atoms with Gasteiger partial charge in [0.25, 0.3) is 5.91 Å². The number of fused-ring (bicyclic) bond motifs is 1. The van der Waals surface area contributed by atoms with Crippen LogP contribution in [0.25, 0.3) is 22.0 Å². The molecule has 1 saturated heterocycles. The van der Waals surface area contributed by atoms with Gasteiger partial charge in [0.1, 0.15) is 6.33 Å². The lowest BCUT2D eigenvalue weighted by Crippen LogP contribution is -2.40. The number of carbonyl (C=O) groups excluding carboxylic acids is 1. The van der Waals surface area contributed by atoms with Crippen molar-refractivity contribution in [3.05, 3.63) is 54.2 Å². The van der Waals surface area contributed by atoms with E-state index in [1.807, 2.05) is 36.1 Å². The monoisotopic (exact) mass is 334 g/mol. The van der Waals surface area contributed by atoms with E-state index < -0.39 is 0 Å². The van der Waals surface area contributed by atoms with Gasteiger partial charge in [-0.15, -0.1) is 0 Å². The zero-order valence-corrected chi connectivity index (χ0v) is 14.0. The van der Waals surface area contributed by atoms with Crippen molar-refractivity contribution in [2.75, 3.05) is 26.3 Å². The van der Waals surface area contributed by atoms with E-state index in [0.717, 1.165) is 27.7 Å². The van der Waals surface area contributed by atoms with Crippen molar-refractivity contribution in [1.29, 1.82) is 0 Å². The van der Waals surface area contributed by atoms with Crippen molar-refractivity contribution in [3.8, 4) is 11.1 Å². The van der Waals surface area contributed by atoms with E-state index >= 15 is 0 Å². The molecule has 4 rings (SSSR count). The predicted octanol–water partition coefficient (Wildman–Crippen LogP) is 2.47. The summed E-state index contributed by atoms with van der Waals surface area (Å²) in [6.45, 7) is 4.39. The molecule has 6 heteroatoms. The normalized spacial score (nSPS) is 14.7. The highest BCUT2D eigenvalue weighted by Crippen LogP contribution is 2.29. The largest absolute Gasteiger partial charge is 0.378 e. The minimum Gasteiger partial charge on any atom is -0.378 e. The van der Waals surface area contributed by atoms with Gasteiger partial charge in [0.15, 0.2) is 0 Å². The molecule has 3 aromatic rings. The number of carbonyl (C=O) groups is 1. The van der Waals surface area contributed by atoms with Crippen LogP contribution in [0.5, 0.6) is 0 Å². The molecule has 1 aromatic carbocycles. The van der Waals surface area contributed by atoms with E-state index in [-0.39, 0.29) is 5.91 Å². The predicted molar refractivity (Wildman–Crippen MR) is 94.2 cm³/mol. The Morgan fingerprint density at radius 1 is 1.12 bits per heavy atom. The maximum atomic E-state index is 12.8. The number of morpholine rings is 1. The number of amides is 1. The van der Waals surface area contributed by atoms with Gasteiger partial charge in [0.05, 0.1) is 18.7 Å². The van der Waals surface area contributed by atoms with Gasteiger partial charge in [-0.3, -0.25) is 9.78 Å². The SMILES string of the molecule is Cc1cc(-c2cncnc2)c2cc(C(=O)N3CCOCC3)ccc2n1. The Labute approximate surface area is 145 Å². The minimum atomic E-state index is 0.0287. The Hall–Kier alpha value is -2.86. The molecule has 1 fully saturated rings. The van der Waals surface area contributed by atoms with Gasteiger partial charge < -0.3 is 9.64 Å². The Balaban J connectivity index is 1.81. The first kappa shape index (κ1) is 15.7. The molecule has 1 aliphatic rings. The molecule has 25 heavy (non-hydrogen) atoms. The molecule has 0 N–H and O–H groups in total. The standard InChI is InChI=1S/C19H18N4O2/c1-13-8-16(15-10-20-12-21-11-15)17-9-14(2-3-18(17)22-13)19(24)23-4-6-25-7-5-23/h2-3,8-12H,4-7H2,1H3. The minimum absolute atomic E-state index is 0.0287. The molecule has 0 spiro atoms. The van der Waals surface area contributed by atoms with E-state index in [2.05, 4.69) is 15.0 Å². The van der Waals surface area contributed by atoms with Crippen LogP contribution < -0.4 is 0 Å². The summed E-state index contributed by atoms with van der Waals surface area (Å²) in [5.41, 5.74) is 4.34. The van der Waals surface area contributed by atoms with E-state index in [1.54, 1.807) is 12.4 Å². The quantitative estimate of drug-likeness (QED) is 0.720. The van der Waals surface area contributed by atoms with Crippen molar-refractivity contribution in [2.45, 2.75) is 6.92 Å². The summed E-state index contributed by atoms with van der Waals surface area (Å²) in [6.07, 6.45) is 5.06. The summed E-state index contributed by atoms with van der Waals surface area (Å²) < 4.78 is 5.33. The fraction of sp³-hybridized carbons (Fsp3) is 0.263. The Morgan fingerprint density at radius 2 is 1.88 bits per heavy atom. The van der Waals surface area contributed by atoms with Crippen LogP contribution >= 0.6 is 0 Å². The number of ether oxygens (including phenoxy) is 1. The smallest absolute Gasteiger partial charge is 0.254 e. The fourth-order valence-corrected chi connectivity index (χ4v) is 3.12. The molecule has 126 valence electrons. The number of hydrogen-bond donors (Lipinski definition) is 0. The highest BCUT2D eigenvalue weighted by molar-refractivity contribution is 6.02. The molecule has 0 unspecified atom stereocenters. The molecular formula is C19H18N4O2. The van der Waals surface area contributed by atoms with Gasteiger partial charge in [-0.2, -0.15) is 0 Å². The van der Waals surface area contributed by atoms with Crippen LogP contribution in [0.3, 0.4) is 0 Å². The molecule has 2 aromatic heterocycles. The van der Waals surface area contributed by atoms with Crippen molar-refractivity contribution in [1.82, 2.24) is 19.9 Å². The number of benzene rings is 1. The summed E-state index contributed by atoms with van der Waals surface area (Å²) >= 11 is 0. The topological polar surface area (TPSA) is 68.2 Å². The number of aromatic nitrogens is 3. The van der Waals surface area contributed by atoms with E-state index in [9.17, 15) is 4.79 Å². The second kappa shape index (κ2) is 6.57. The van der Waals surface area contributed by atoms with Crippen LogP contribution in [0.1, 0.15) is 16.1 Å². The van der Waals surface area contributed by atoms with Crippen LogP contribution in [0.4, 0.5) is 0 Å². The van der Waals surface area contributed by atoms with Gasteiger partial charge >= 0.3 is 0 Å². The number of nitrogens with zero attached hydrogens (tertiary/aromatic N) is 4. The summed E-state index contributed by atoms with van der Waals surface area (Å²) in [6, 6.07) is 7.67. The van der Waals surface area contributed by atoms with E-state index in [4.69, 9.17) is 4.74 Å². The van der Waals surface area contributed by atoms with Gasteiger partial charge in [-0.25, -0.2) is 9.97 Å². The lowest BCUT2D eigenvalue weighted by Gasteiger charge is -2.27. The first-order valence-electron chi connectivity index (χ1n) is 8.26. The van der Waals surface area contributed by atoms with Crippen molar-refractivity contribution in [3.63, 3.8) is 0 Å². The molecule has 0 atom stereocenters. The van der Waals surface area contributed by atoms with E-state index in [0.29, 0.717) is 31.9 Å². The van der Waals surface area contributed by atoms with Gasteiger partial charge in [-0.1, -0.05) is 0 Å². The van der Waals surface area contributed by atoms with E-state index in [1.165, 1.54) is 6.33 Å². The Morgan fingerprint density at radius 3 is 2.64 bits per heavy atom. The summed E-state index contributed by atoms with van der Waals surface area (Å²) in [4.78, 5) is 27.4. The highest BCUT2D eigenvalue weighted by atomic mass is 16.5. The van der Waals surface area contributed by atoms with Crippen LogP contribution in [-0.4, -0.2) is 52.1 Å². The number of rotatable bonds is 2. The van der Waals surface area contributed by atoms with Crippen LogP contribution in [-0.2, 0) is 4.74 Å². The average Bonchev–Trinajstić information content (AvgIpc) is 2.68. The van der Waals surface area contributed by atoms with Crippen molar-refractivity contribution < 1.29 is 9.53 Å². The molecule has 0 radical (unpaired) electrons. The maximum Gasteiger partial charge on any atom is 0.254 e. The third-order valence-corrected chi connectivity index (χ3v) is 4.35. The summed E-state index contributed by atoms with van der Waals surface area (Å²) in [7, 11) is 0. The highest BCUT2D eigenvalue weighted by Gasteiger charge is 2.19. The molecule has 1 amide bonds. The summed E-state index contributed by atoms with van der Waals surface area (Å²) in [5.74, 6) is 0.0287. The Kier molecular flexibility index (Phi) is 4.11. The Bertz CT molecular complexity index is 921. The van der Waals surface area contributed by atoms with Crippen LogP contribution in [0.2, 0.25) is 0 Å². The third-order valence-electron chi connectivity index (χ3n) is 4.35. The van der Waals surface area contributed by atoms with Crippen molar-refractivity contribution in [2.24, 2.45) is 0 Å². The number of hydrogen-bond acceptors (Lipinski definition) is 5. The first-order chi connectivity index (χ1) is 12.2. The molecule has 0 aliphatic carbocycles. The van der Waals surface area contributed by atoms with Gasteiger partial charge in [-0.05, 0) is 36.8 Å². The maximum absolute atomic E-state index is 12.8. The molecule has 0 saturated carbocycles. The fourth-order valence-electron chi connectivity index (χ4n) is 3.12.